The highest BCUT2D eigenvalue weighted by Gasteiger charge is 2.27. The van der Waals surface area contributed by atoms with Crippen LogP contribution in [0.2, 0.25) is 0 Å². The van der Waals surface area contributed by atoms with E-state index in [1.807, 2.05) is 24.3 Å². The van der Waals surface area contributed by atoms with Crippen molar-refractivity contribution in [2.75, 3.05) is 31.6 Å². The number of carbonyl (C=O) groups is 1. The molecule has 1 N–H and O–H groups in total. The number of amides is 1. The molecule has 7 nitrogen and oxygen atoms in total. The molecule has 0 aliphatic rings. The number of rotatable bonds is 10. The smallest absolute Gasteiger partial charge is 0.264 e. The number of sulfonamides is 1. The van der Waals surface area contributed by atoms with E-state index in [9.17, 15) is 13.2 Å². The largest absolute Gasteiger partial charge is 0.497 e. The molecular formula is C24H26N2O5S. The Hall–Kier alpha value is -3.52. The zero-order valence-electron chi connectivity index (χ0n) is 18.0. The monoisotopic (exact) mass is 454 g/mol. The summed E-state index contributed by atoms with van der Waals surface area (Å²) in [6.07, 6.45) is 0.615. The predicted octanol–water partition coefficient (Wildman–Crippen LogP) is 3.26. The molecule has 8 heteroatoms. The number of ether oxygens (including phenoxy) is 2. The van der Waals surface area contributed by atoms with Gasteiger partial charge in [-0.15, -0.1) is 0 Å². The lowest BCUT2D eigenvalue weighted by molar-refractivity contribution is -0.119. The molecule has 0 atom stereocenters. The molecule has 0 saturated heterocycles. The Kier molecular flexibility index (Phi) is 7.72. The molecule has 0 aromatic heterocycles. The van der Waals surface area contributed by atoms with Crippen molar-refractivity contribution in [2.24, 2.45) is 0 Å². The summed E-state index contributed by atoms with van der Waals surface area (Å²) >= 11 is 0. The van der Waals surface area contributed by atoms with E-state index in [1.165, 1.54) is 19.2 Å². The molecule has 0 saturated carbocycles. The quantitative estimate of drug-likeness (QED) is 0.508. The molecule has 0 unspecified atom stereocenters. The lowest BCUT2D eigenvalue weighted by Gasteiger charge is -2.24. The number of benzene rings is 3. The van der Waals surface area contributed by atoms with Gasteiger partial charge >= 0.3 is 0 Å². The van der Waals surface area contributed by atoms with Crippen LogP contribution >= 0.6 is 0 Å². The van der Waals surface area contributed by atoms with E-state index in [1.54, 1.807) is 49.6 Å². The molecule has 0 spiro atoms. The summed E-state index contributed by atoms with van der Waals surface area (Å²) in [5.41, 5.74) is 1.41. The van der Waals surface area contributed by atoms with Crippen molar-refractivity contribution >= 4 is 21.6 Å². The lowest BCUT2D eigenvalue weighted by Crippen LogP contribution is -2.41. The predicted molar refractivity (Wildman–Crippen MR) is 124 cm³/mol. The van der Waals surface area contributed by atoms with Crippen molar-refractivity contribution < 1.29 is 22.7 Å². The first-order valence-electron chi connectivity index (χ1n) is 10.1. The first-order valence-corrected chi connectivity index (χ1v) is 11.5. The average Bonchev–Trinajstić information content (AvgIpc) is 2.83. The van der Waals surface area contributed by atoms with Gasteiger partial charge in [0.25, 0.3) is 10.0 Å². The third kappa shape index (κ3) is 5.79. The third-order valence-electron chi connectivity index (χ3n) is 4.87. The van der Waals surface area contributed by atoms with Crippen molar-refractivity contribution in [1.29, 1.82) is 0 Å². The van der Waals surface area contributed by atoms with Crippen molar-refractivity contribution in [2.45, 2.75) is 11.3 Å². The summed E-state index contributed by atoms with van der Waals surface area (Å²) in [6.45, 7) is 0.0408. The Morgan fingerprint density at radius 1 is 0.844 bits per heavy atom. The fraction of sp³-hybridized carbons (Fsp3) is 0.208. The van der Waals surface area contributed by atoms with Gasteiger partial charge in [-0.3, -0.25) is 9.10 Å². The second-order valence-electron chi connectivity index (χ2n) is 6.97. The Morgan fingerprint density at radius 3 is 1.97 bits per heavy atom. The zero-order chi connectivity index (χ0) is 23.0. The number of nitrogens with zero attached hydrogens (tertiary/aromatic N) is 1. The van der Waals surface area contributed by atoms with E-state index >= 15 is 0 Å². The number of hydrogen-bond acceptors (Lipinski definition) is 5. The summed E-state index contributed by atoms with van der Waals surface area (Å²) in [5, 5.41) is 2.81. The Morgan fingerprint density at radius 2 is 1.41 bits per heavy atom. The fourth-order valence-electron chi connectivity index (χ4n) is 3.11. The minimum absolute atomic E-state index is 0.113. The third-order valence-corrected chi connectivity index (χ3v) is 6.66. The van der Waals surface area contributed by atoms with Gasteiger partial charge in [0.2, 0.25) is 5.91 Å². The molecule has 0 bridgehead atoms. The highest BCUT2D eigenvalue weighted by molar-refractivity contribution is 7.92. The molecule has 1 amide bonds. The summed E-state index contributed by atoms with van der Waals surface area (Å²) in [4.78, 5) is 12.8. The number of carbonyl (C=O) groups excluding carboxylic acids is 1. The first-order chi connectivity index (χ1) is 15.4. The minimum atomic E-state index is -3.94. The van der Waals surface area contributed by atoms with Crippen LogP contribution in [0.5, 0.6) is 11.5 Å². The van der Waals surface area contributed by atoms with Crippen LogP contribution in [0.3, 0.4) is 0 Å². The van der Waals surface area contributed by atoms with Crippen LogP contribution in [-0.4, -0.2) is 41.6 Å². The summed E-state index contributed by atoms with van der Waals surface area (Å²) in [5.74, 6) is 0.961. The van der Waals surface area contributed by atoms with Crippen LogP contribution in [0.4, 0.5) is 5.69 Å². The molecule has 168 valence electrons. The van der Waals surface area contributed by atoms with Crippen LogP contribution in [0.25, 0.3) is 0 Å². The van der Waals surface area contributed by atoms with Gasteiger partial charge in [-0.25, -0.2) is 8.42 Å². The lowest BCUT2D eigenvalue weighted by atomic mass is 10.1. The summed E-state index contributed by atoms with van der Waals surface area (Å²) in [7, 11) is -0.800. The van der Waals surface area contributed by atoms with Gasteiger partial charge in [-0.05, 0) is 60.5 Å². The highest BCUT2D eigenvalue weighted by Crippen LogP contribution is 2.25. The van der Waals surface area contributed by atoms with Crippen LogP contribution in [0, 0.1) is 0 Å². The van der Waals surface area contributed by atoms with Crippen LogP contribution < -0.4 is 19.1 Å². The summed E-state index contributed by atoms with van der Waals surface area (Å²) < 4.78 is 38.0. The number of nitrogens with one attached hydrogen (secondary N) is 1. The second kappa shape index (κ2) is 10.7. The average molecular weight is 455 g/mol. The maximum absolute atomic E-state index is 13.3. The van der Waals surface area contributed by atoms with Gasteiger partial charge in [0.1, 0.15) is 18.0 Å². The van der Waals surface area contributed by atoms with Crippen molar-refractivity contribution in [1.82, 2.24) is 5.32 Å². The molecule has 3 aromatic rings. The zero-order valence-corrected chi connectivity index (χ0v) is 18.8. The number of hydrogen-bond donors (Lipinski definition) is 1. The molecule has 0 aliphatic carbocycles. The first kappa shape index (κ1) is 23.1. The van der Waals surface area contributed by atoms with E-state index in [0.29, 0.717) is 24.4 Å². The molecule has 0 fully saturated rings. The van der Waals surface area contributed by atoms with Crippen molar-refractivity contribution in [3.8, 4) is 11.5 Å². The molecular weight excluding hydrogens is 428 g/mol. The van der Waals surface area contributed by atoms with Gasteiger partial charge in [0.15, 0.2) is 0 Å². The Balaban J connectivity index is 1.73. The normalized spacial score (nSPS) is 10.9. The molecule has 0 heterocycles. The molecule has 0 aliphatic heterocycles. The summed E-state index contributed by atoms with van der Waals surface area (Å²) in [6, 6.07) is 22.2. The fourth-order valence-corrected chi connectivity index (χ4v) is 4.55. The molecule has 3 rings (SSSR count). The van der Waals surface area contributed by atoms with E-state index in [0.717, 1.165) is 15.6 Å². The highest BCUT2D eigenvalue weighted by atomic mass is 32.2. The maximum Gasteiger partial charge on any atom is 0.264 e. The van der Waals surface area contributed by atoms with E-state index in [4.69, 9.17) is 9.47 Å². The molecule has 32 heavy (non-hydrogen) atoms. The van der Waals surface area contributed by atoms with E-state index in [2.05, 4.69) is 5.32 Å². The van der Waals surface area contributed by atoms with Gasteiger partial charge in [0, 0.05) is 6.54 Å². The van der Waals surface area contributed by atoms with Crippen molar-refractivity contribution in [3.05, 3.63) is 84.4 Å². The van der Waals surface area contributed by atoms with E-state index < -0.39 is 15.9 Å². The standard InChI is InChI=1S/C24H26N2O5S/c1-30-21-12-8-19(9-13-21)16-17-25-24(27)18-26(20-10-14-22(31-2)15-11-20)32(28,29)23-6-4-3-5-7-23/h3-15H,16-18H2,1-2H3,(H,25,27). The molecule has 0 radical (unpaired) electrons. The van der Waals surface area contributed by atoms with Gasteiger partial charge in [-0.1, -0.05) is 30.3 Å². The second-order valence-corrected chi connectivity index (χ2v) is 8.83. The van der Waals surface area contributed by atoms with E-state index in [-0.39, 0.29) is 11.4 Å². The SMILES string of the molecule is COc1ccc(CCNC(=O)CN(c2ccc(OC)cc2)S(=O)(=O)c2ccccc2)cc1. The van der Waals surface area contributed by atoms with Crippen molar-refractivity contribution in [3.63, 3.8) is 0 Å². The van der Waals surface area contributed by atoms with Gasteiger partial charge in [-0.2, -0.15) is 0 Å². The van der Waals surface area contributed by atoms with Crippen LogP contribution in [0.15, 0.2) is 83.8 Å². The number of methoxy groups -OCH3 is 2. The molecule has 3 aromatic carbocycles. The van der Waals surface area contributed by atoms with Gasteiger partial charge < -0.3 is 14.8 Å². The van der Waals surface area contributed by atoms with Crippen LogP contribution in [-0.2, 0) is 21.2 Å². The van der Waals surface area contributed by atoms with Gasteiger partial charge in [0.05, 0.1) is 24.8 Å². The van der Waals surface area contributed by atoms with Crippen LogP contribution in [0.1, 0.15) is 5.56 Å². The number of anilines is 1. The Labute approximate surface area is 188 Å². The Bertz CT molecular complexity index is 1120. The topological polar surface area (TPSA) is 84.9 Å². The maximum atomic E-state index is 13.3. The minimum Gasteiger partial charge on any atom is -0.497 e.